The van der Waals surface area contributed by atoms with Crippen molar-refractivity contribution in [1.82, 2.24) is 26.2 Å². The highest BCUT2D eigenvalue weighted by Crippen LogP contribution is 2.25. The van der Waals surface area contributed by atoms with Crippen LogP contribution in [0.5, 0.6) is 11.5 Å². The average molecular weight is 628 g/mol. The molecular formula is C33H46ClN5O5. The minimum absolute atomic E-state index is 0.0398. The molecule has 10 nitrogen and oxygen atoms in total. The lowest BCUT2D eigenvalue weighted by Gasteiger charge is -2.30. The highest BCUT2D eigenvalue weighted by Gasteiger charge is 2.32. The predicted molar refractivity (Wildman–Crippen MR) is 171 cm³/mol. The number of carbonyl (C=O) groups excluding carboxylic acids is 3. The van der Waals surface area contributed by atoms with Crippen LogP contribution in [0, 0.1) is 5.92 Å². The molecule has 240 valence electrons. The zero-order chi connectivity index (χ0) is 31.6. The largest absolute Gasteiger partial charge is 0.506 e. The van der Waals surface area contributed by atoms with E-state index in [2.05, 4.69) is 26.2 Å². The lowest BCUT2D eigenvalue weighted by molar-refractivity contribution is -0.133. The number of likely N-dealkylation sites (tertiary alicyclic amines) is 1. The number of amides is 3. The van der Waals surface area contributed by atoms with Crippen LogP contribution in [0.4, 0.5) is 0 Å². The van der Waals surface area contributed by atoms with Crippen molar-refractivity contribution in [1.29, 1.82) is 0 Å². The van der Waals surface area contributed by atoms with E-state index in [1.54, 1.807) is 12.1 Å². The van der Waals surface area contributed by atoms with Gasteiger partial charge in [0.05, 0.1) is 11.1 Å². The first-order valence-corrected chi connectivity index (χ1v) is 16.0. The molecule has 4 atom stereocenters. The second-order valence-electron chi connectivity index (χ2n) is 12.2. The van der Waals surface area contributed by atoms with E-state index in [-0.39, 0.29) is 41.0 Å². The molecule has 2 heterocycles. The van der Waals surface area contributed by atoms with Crippen LogP contribution in [0.25, 0.3) is 0 Å². The van der Waals surface area contributed by atoms with Crippen LogP contribution < -0.4 is 26.0 Å². The van der Waals surface area contributed by atoms with Crippen molar-refractivity contribution in [3.63, 3.8) is 0 Å². The molecule has 0 bridgehead atoms. The number of rotatable bonds is 5. The molecule has 11 heteroatoms. The number of para-hydroxylation sites is 1. The Morgan fingerprint density at radius 3 is 2.45 bits per heavy atom. The Labute approximate surface area is 265 Å². The number of aryl methyl sites for hydroxylation is 1. The minimum Gasteiger partial charge on any atom is -0.506 e. The summed E-state index contributed by atoms with van der Waals surface area (Å²) in [6.07, 6.45) is 3.82. The fourth-order valence-electron chi connectivity index (χ4n) is 5.68. The lowest BCUT2D eigenvalue weighted by atomic mass is 10.00. The van der Waals surface area contributed by atoms with Gasteiger partial charge in [-0.3, -0.25) is 19.7 Å². The van der Waals surface area contributed by atoms with Crippen molar-refractivity contribution in [2.45, 2.75) is 77.0 Å². The summed E-state index contributed by atoms with van der Waals surface area (Å²) in [7, 11) is 0. The number of carbonyl (C=O) groups is 3. The zero-order valence-corrected chi connectivity index (χ0v) is 26.7. The number of phenolic OH excluding ortho intramolecular Hbond substituents is 1. The van der Waals surface area contributed by atoms with Crippen molar-refractivity contribution < 1.29 is 24.2 Å². The summed E-state index contributed by atoms with van der Waals surface area (Å²) in [6.45, 7) is 8.61. The number of nitrogens with zero attached hydrogens (tertiary/aromatic N) is 1. The standard InChI is InChI=1S/C33H46ClN5O5/c1-21(2)30-33(43)37-27(19-39-15-6-7-16-39)31(41)35-14-8-10-24-9-4-5-11-29(24)44-20-22(3)36-26(32(42)38-30)18-23-12-13-28(40)25(34)17-23/h4-5,9,11-13,17,21-22,26-27,30,36,40H,6-8,10,14-16,18-20H2,1-3H3,(H,35,41)(H,37,43)(H,38,42)/t22-,26+,27-,30+/m0/s1. The summed E-state index contributed by atoms with van der Waals surface area (Å²) < 4.78 is 6.20. The maximum absolute atomic E-state index is 13.8. The van der Waals surface area contributed by atoms with Gasteiger partial charge in [-0.2, -0.15) is 0 Å². The Morgan fingerprint density at radius 1 is 0.977 bits per heavy atom. The molecule has 1 saturated heterocycles. The van der Waals surface area contributed by atoms with Gasteiger partial charge in [0.1, 0.15) is 30.2 Å². The molecule has 0 radical (unpaired) electrons. The fraction of sp³-hybridized carbons (Fsp3) is 0.545. The SMILES string of the molecule is CC(C)[C@H]1NC(=O)[C@@H](Cc2ccc(O)c(Cl)c2)N[C@@H](C)COc2ccccc2CCCNC(=O)[C@H](CN2CCCC2)NC1=O. The van der Waals surface area contributed by atoms with Gasteiger partial charge < -0.3 is 30.7 Å². The highest BCUT2D eigenvalue weighted by atomic mass is 35.5. The quantitative estimate of drug-likeness (QED) is 0.344. The van der Waals surface area contributed by atoms with Crippen LogP contribution in [0.3, 0.4) is 0 Å². The molecule has 3 amide bonds. The van der Waals surface area contributed by atoms with Gasteiger partial charge in [0.25, 0.3) is 0 Å². The smallest absolute Gasteiger partial charge is 0.243 e. The van der Waals surface area contributed by atoms with Gasteiger partial charge in [-0.1, -0.05) is 49.7 Å². The third-order valence-electron chi connectivity index (χ3n) is 8.16. The van der Waals surface area contributed by atoms with Crippen molar-refractivity contribution in [3.05, 3.63) is 58.6 Å². The third kappa shape index (κ3) is 9.58. The summed E-state index contributed by atoms with van der Waals surface area (Å²) >= 11 is 6.17. The summed E-state index contributed by atoms with van der Waals surface area (Å²) in [4.78, 5) is 43.0. The first kappa shape index (κ1) is 33.6. The normalized spacial score (nSPS) is 24.8. The number of halogens is 1. The Kier molecular flexibility index (Phi) is 12.3. The molecule has 2 aliphatic heterocycles. The van der Waals surface area contributed by atoms with Crippen LogP contribution in [0.2, 0.25) is 5.02 Å². The van der Waals surface area contributed by atoms with Crippen LogP contribution in [0.15, 0.2) is 42.5 Å². The zero-order valence-electron chi connectivity index (χ0n) is 25.9. The van der Waals surface area contributed by atoms with E-state index in [0.29, 0.717) is 32.5 Å². The number of benzene rings is 2. The van der Waals surface area contributed by atoms with Crippen LogP contribution in [-0.2, 0) is 27.2 Å². The molecule has 44 heavy (non-hydrogen) atoms. The molecule has 0 unspecified atom stereocenters. The van der Waals surface area contributed by atoms with Gasteiger partial charge in [-0.15, -0.1) is 0 Å². The predicted octanol–water partition coefficient (Wildman–Crippen LogP) is 2.80. The van der Waals surface area contributed by atoms with Crippen molar-refractivity contribution in [3.8, 4) is 11.5 Å². The van der Waals surface area contributed by atoms with E-state index in [4.69, 9.17) is 16.3 Å². The summed E-state index contributed by atoms with van der Waals surface area (Å²) in [6, 6.07) is 10.1. The molecule has 0 aromatic heterocycles. The second-order valence-corrected chi connectivity index (χ2v) is 12.6. The van der Waals surface area contributed by atoms with Gasteiger partial charge in [-0.05, 0) is 87.4 Å². The number of aromatic hydroxyl groups is 1. The van der Waals surface area contributed by atoms with Crippen molar-refractivity contribution in [2.75, 3.05) is 32.8 Å². The van der Waals surface area contributed by atoms with Gasteiger partial charge in [-0.25, -0.2) is 0 Å². The molecule has 0 spiro atoms. The minimum atomic E-state index is -0.860. The number of hydrogen-bond acceptors (Lipinski definition) is 7. The average Bonchev–Trinajstić information content (AvgIpc) is 3.51. The summed E-state index contributed by atoms with van der Waals surface area (Å²) in [5, 5.41) is 22.4. The van der Waals surface area contributed by atoms with E-state index >= 15 is 0 Å². The van der Waals surface area contributed by atoms with E-state index in [1.165, 1.54) is 6.07 Å². The van der Waals surface area contributed by atoms with Crippen molar-refractivity contribution in [2.24, 2.45) is 5.92 Å². The third-order valence-corrected chi connectivity index (χ3v) is 8.46. The van der Waals surface area contributed by atoms with Crippen LogP contribution in [-0.4, -0.2) is 84.7 Å². The highest BCUT2D eigenvalue weighted by molar-refractivity contribution is 6.32. The van der Waals surface area contributed by atoms with Gasteiger partial charge in [0.15, 0.2) is 0 Å². The number of nitrogens with one attached hydrogen (secondary N) is 4. The van der Waals surface area contributed by atoms with E-state index in [9.17, 15) is 19.5 Å². The van der Waals surface area contributed by atoms with E-state index in [0.717, 1.165) is 42.8 Å². The molecule has 2 aromatic carbocycles. The monoisotopic (exact) mass is 627 g/mol. The Balaban J connectivity index is 1.61. The number of ether oxygens (including phenoxy) is 1. The summed E-state index contributed by atoms with van der Waals surface area (Å²) in [5.41, 5.74) is 1.78. The molecule has 0 aliphatic carbocycles. The molecular weight excluding hydrogens is 582 g/mol. The first-order chi connectivity index (χ1) is 21.1. The Morgan fingerprint density at radius 2 is 1.73 bits per heavy atom. The van der Waals surface area contributed by atoms with Gasteiger partial charge in [0.2, 0.25) is 17.7 Å². The summed E-state index contributed by atoms with van der Waals surface area (Å²) in [5.74, 6) is -0.508. The maximum atomic E-state index is 13.8. The first-order valence-electron chi connectivity index (χ1n) is 15.7. The number of phenols is 1. The topological polar surface area (TPSA) is 132 Å². The molecule has 4 rings (SSSR count). The molecule has 1 fully saturated rings. The van der Waals surface area contributed by atoms with Gasteiger partial charge >= 0.3 is 0 Å². The molecule has 5 N–H and O–H groups in total. The molecule has 0 saturated carbocycles. The van der Waals surface area contributed by atoms with E-state index in [1.807, 2.05) is 45.0 Å². The van der Waals surface area contributed by atoms with Crippen molar-refractivity contribution >= 4 is 29.3 Å². The lowest BCUT2D eigenvalue weighted by Crippen LogP contribution is -2.60. The van der Waals surface area contributed by atoms with Crippen LogP contribution in [0.1, 0.15) is 51.2 Å². The fourth-order valence-corrected chi connectivity index (χ4v) is 5.88. The Hall–Kier alpha value is -3.34. The number of hydrogen-bond donors (Lipinski definition) is 5. The number of fused-ring (bicyclic) bond motifs is 1. The Bertz CT molecular complexity index is 1280. The van der Waals surface area contributed by atoms with Gasteiger partial charge in [0, 0.05) is 19.1 Å². The van der Waals surface area contributed by atoms with Crippen LogP contribution >= 0.6 is 11.6 Å². The van der Waals surface area contributed by atoms with E-state index < -0.39 is 24.0 Å². The molecule has 2 aromatic rings. The second kappa shape index (κ2) is 16.1. The maximum Gasteiger partial charge on any atom is 0.243 e. The molecule has 2 aliphatic rings.